The van der Waals surface area contributed by atoms with Gasteiger partial charge in [-0.25, -0.2) is 9.50 Å². The number of likely N-dealkylation sites (tertiary alicyclic amines) is 1. The van der Waals surface area contributed by atoms with Crippen LogP contribution in [0.4, 0.5) is 13.2 Å². The Balaban J connectivity index is 1.26. The number of halogens is 3. The molecule has 11 heteroatoms. The number of methoxy groups -OCH3 is 1. The highest BCUT2D eigenvalue weighted by Crippen LogP contribution is 2.42. The van der Waals surface area contributed by atoms with E-state index in [1.165, 1.54) is 56.0 Å². The monoisotopic (exact) mass is 511 g/mol. The summed E-state index contributed by atoms with van der Waals surface area (Å²) in [6.07, 6.45) is 5.97. The molecule has 37 heavy (non-hydrogen) atoms. The first kappa shape index (κ1) is 23.9. The first-order valence-corrected chi connectivity index (χ1v) is 12.6. The van der Waals surface area contributed by atoms with Crippen LogP contribution in [-0.2, 0) is 6.18 Å². The molecule has 4 aromatic heterocycles. The van der Waals surface area contributed by atoms with Gasteiger partial charge in [-0.3, -0.25) is 10.1 Å². The summed E-state index contributed by atoms with van der Waals surface area (Å²) in [5, 5.41) is 10.7. The molecule has 1 saturated carbocycles. The van der Waals surface area contributed by atoms with E-state index in [-0.39, 0.29) is 22.6 Å². The molecule has 2 fully saturated rings. The average Bonchev–Trinajstić information content (AvgIpc) is 3.53. The number of piperidine rings is 1. The van der Waals surface area contributed by atoms with E-state index in [0.29, 0.717) is 17.3 Å². The lowest BCUT2D eigenvalue weighted by Gasteiger charge is -2.37. The Bertz CT molecular complexity index is 1380. The number of H-pyrrole nitrogens is 1. The zero-order valence-electron chi connectivity index (χ0n) is 20.5. The molecule has 0 unspecified atom stereocenters. The Morgan fingerprint density at radius 2 is 1.92 bits per heavy atom. The Hall–Kier alpha value is -3.47. The molecule has 2 aliphatic rings. The summed E-state index contributed by atoms with van der Waals surface area (Å²) < 4.78 is 49.6. The van der Waals surface area contributed by atoms with Gasteiger partial charge in [0, 0.05) is 24.5 Å². The largest absolute Gasteiger partial charge is 0.493 e. The lowest BCUT2D eigenvalue weighted by Crippen LogP contribution is -2.38. The van der Waals surface area contributed by atoms with E-state index in [9.17, 15) is 13.2 Å². The summed E-state index contributed by atoms with van der Waals surface area (Å²) in [6, 6.07) is 5.04. The molecule has 0 spiro atoms. The maximum atomic E-state index is 14.3. The zero-order valence-corrected chi connectivity index (χ0v) is 20.5. The van der Waals surface area contributed by atoms with Crippen molar-refractivity contribution in [3.8, 4) is 28.4 Å². The summed E-state index contributed by atoms with van der Waals surface area (Å²) in [7, 11) is 1.43. The van der Waals surface area contributed by atoms with Gasteiger partial charge in [0.1, 0.15) is 17.6 Å². The van der Waals surface area contributed by atoms with E-state index in [1.54, 1.807) is 12.3 Å². The van der Waals surface area contributed by atoms with Crippen molar-refractivity contribution in [3.05, 3.63) is 48.0 Å². The molecule has 1 aliphatic heterocycles. The number of hydrogen-bond donors (Lipinski definition) is 1. The van der Waals surface area contributed by atoms with Crippen LogP contribution < -0.4 is 4.74 Å². The molecule has 0 aromatic carbocycles. The number of fused-ring (bicyclic) bond motifs is 1. The van der Waals surface area contributed by atoms with Gasteiger partial charge in [0.2, 0.25) is 0 Å². The number of rotatable bonds is 6. The third-order valence-electron chi connectivity index (χ3n) is 7.73. The molecule has 1 saturated heterocycles. The van der Waals surface area contributed by atoms with Gasteiger partial charge in [-0.15, -0.1) is 0 Å². The lowest BCUT2D eigenvalue weighted by molar-refractivity contribution is -0.136. The normalized spacial score (nSPS) is 17.8. The van der Waals surface area contributed by atoms with Crippen molar-refractivity contribution in [2.24, 2.45) is 5.92 Å². The molecule has 4 aromatic rings. The van der Waals surface area contributed by atoms with E-state index >= 15 is 0 Å². The van der Waals surface area contributed by atoms with Crippen LogP contribution >= 0.6 is 0 Å². The fourth-order valence-corrected chi connectivity index (χ4v) is 5.47. The second-order valence-corrected chi connectivity index (χ2v) is 9.99. The second kappa shape index (κ2) is 9.44. The molecule has 194 valence electrons. The topological polar surface area (TPSA) is 84.2 Å². The van der Waals surface area contributed by atoms with Crippen LogP contribution in [0.5, 0.6) is 5.75 Å². The molecule has 0 atom stereocenters. The van der Waals surface area contributed by atoms with Crippen molar-refractivity contribution in [1.82, 2.24) is 34.7 Å². The SMILES string of the molecule is COc1cc(-c2n[nH]c(-c3ccc(C4CCN(CC5CCC5)CC4)cn3)c2C(F)(F)F)cn2ncnc12. The third kappa shape index (κ3) is 4.56. The summed E-state index contributed by atoms with van der Waals surface area (Å²) in [5.74, 6) is 1.54. The first-order chi connectivity index (χ1) is 17.9. The highest BCUT2D eigenvalue weighted by atomic mass is 19.4. The van der Waals surface area contributed by atoms with Crippen LogP contribution in [0.3, 0.4) is 0 Å². The fraction of sp³-hybridized carbons (Fsp3) is 0.462. The predicted molar refractivity (Wildman–Crippen MR) is 131 cm³/mol. The number of pyridine rings is 2. The average molecular weight is 512 g/mol. The van der Waals surface area contributed by atoms with Crippen LogP contribution in [0.15, 0.2) is 36.9 Å². The quantitative estimate of drug-likeness (QED) is 0.384. The molecule has 6 rings (SSSR count). The Morgan fingerprint density at radius 1 is 1.11 bits per heavy atom. The fourth-order valence-electron chi connectivity index (χ4n) is 5.47. The summed E-state index contributed by atoms with van der Waals surface area (Å²) in [6.45, 7) is 3.32. The second-order valence-electron chi connectivity index (χ2n) is 9.99. The van der Waals surface area contributed by atoms with Crippen molar-refractivity contribution < 1.29 is 17.9 Å². The van der Waals surface area contributed by atoms with Crippen molar-refractivity contribution >= 4 is 5.65 Å². The van der Waals surface area contributed by atoms with Gasteiger partial charge in [0.05, 0.1) is 18.5 Å². The van der Waals surface area contributed by atoms with E-state index in [1.807, 2.05) is 6.07 Å². The summed E-state index contributed by atoms with van der Waals surface area (Å²) in [5.41, 5.74) is 0.591. The molecule has 8 nitrogen and oxygen atoms in total. The number of aromatic amines is 1. The molecule has 1 aliphatic carbocycles. The Kier molecular flexibility index (Phi) is 6.10. The number of aromatic nitrogens is 6. The lowest BCUT2D eigenvalue weighted by atomic mass is 9.84. The molecule has 5 heterocycles. The van der Waals surface area contributed by atoms with Crippen LogP contribution in [0.25, 0.3) is 28.3 Å². The van der Waals surface area contributed by atoms with E-state index in [0.717, 1.165) is 37.4 Å². The van der Waals surface area contributed by atoms with Crippen LogP contribution in [-0.4, -0.2) is 61.4 Å². The van der Waals surface area contributed by atoms with Crippen molar-refractivity contribution in [1.29, 1.82) is 0 Å². The standard InChI is InChI=1S/C26H28F3N7O/c1-37-21-11-19(14-36-25(21)31-15-32-36)23-22(26(27,28)29)24(34-33-23)20-6-5-18(12-30-20)17-7-9-35(10-8-17)13-16-3-2-4-16/h5-6,11-12,14-17H,2-4,7-10,13H2,1H3,(H,33,34). The minimum absolute atomic E-state index is 0.165. The Morgan fingerprint density at radius 3 is 2.57 bits per heavy atom. The summed E-state index contributed by atoms with van der Waals surface area (Å²) in [4.78, 5) is 11.1. The van der Waals surface area contributed by atoms with Crippen LogP contribution in [0, 0.1) is 5.92 Å². The van der Waals surface area contributed by atoms with Gasteiger partial charge in [-0.1, -0.05) is 12.5 Å². The minimum Gasteiger partial charge on any atom is -0.493 e. The molecular weight excluding hydrogens is 483 g/mol. The molecule has 0 amide bonds. The van der Waals surface area contributed by atoms with Crippen LogP contribution in [0.2, 0.25) is 0 Å². The van der Waals surface area contributed by atoms with Gasteiger partial charge in [-0.05, 0) is 68.3 Å². The van der Waals surface area contributed by atoms with E-state index < -0.39 is 11.7 Å². The van der Waals surface area contributed by atoms with Crippen molar-refractivity contribution in [3.63, 3.8) is 0 Å². The number of ether oxygens (including phenoxy) is 1. The molecule has 0 bridgehead atoms. The molecule has 0 radical (unpaired) electrons. The summed E-state index contributed by atoms with van der Waals surface area (Å²) >= 11 is 0. The maximum absolute atomic E-state index is 14.3. The third-order valence-corrected chi connectivity index (χ3v) is 7.73. The van der Waals surface area contributed by atoms with Gasteiger partial charge < -0.3 is 9.64 Å². The van der Waals surface area contributed by atoms with Gasteiger partial charge in [-0.2, -0.15) is 23.4 Å². The first-order valence-electron chi connectivity index (χ1n) is 12.6. The number of nitrogens with one attached hydrogen (secondary N) is 1. The maximum Gasteiger partial charge on any atom is 0.420 e. The minimum atomic E-state index is -4.66. The van der Waals surface area contributed by atoms with Crippen LogP contribution in [0.1, 0.15) is 49.1 Å². The predicted octanol–water partition coefficient (Wildman–Crippen LogP) is 5.19. The van der Waals surface area contributed by atoms with E-state index in [4.69, 9.17) is 4.74 Å². The van der Waals surface area contributed by atoms with Crippen molar-refractivity contribution in [2.45, 2.75) is 44.2 Å². The highest BCUT2D eigenvalue weighted by molar-refractivity contribution is 5.75. The van der Waals surface area contributed by atoms with Crippen molar-refractivity contribution in [2.75, 3.05) is 26.7 Å². The molecule has 1 N–H and O–H groups in total. The number of alkyl halides is 3. The number of nitrogens with zero attached hydrogens (tertiary/aromatic N) is 6. The van der Waals surface area contributed by atoms with Gasteiger partial charge >= 0.3 is 6.18 Å². The van der Waals surface area contributed by atoms with Gasteiger partial charge in [0.15, 0.2) is 11.4 Å². The van der Waals surface area contributed by atoms with E-state index in [2.05, 4.69) is 30.2 Å². The number of hydrogen-bond acceptors (Lipinski definition) is 6. The zero-order chi connectivity index (χ0) is 25.6. The Labute approximate surface area is 211 Å². The highest BCUT2D eigenvalue weighted by Gasteiger charge is 2.40. The molecular formula is C26H28F3N7O. The van der Waals surface area contributed by atoms with Gasteiger partial charge in [0.25, 0.3) is 0 Å². The smallest absolute Gasteiger partial charge is 0.420 e.